The lowest BCUT2D eigenvalue weighted by Crippen LogP contribution is -1.74. The van der Waals surface area contributed by atoms with E-state index in [1.54, 1.807) is 0 Å². The molecule has 0 aromatic carbocycles. The summed E-state index contributed by atoms with van der Waals surface area (Å²) in [5.41, 5.74) is 2.19. The SMILES string of the molecule is [CH2]c1c[nH]n2cccc12. The van der Waals surface area contributed by atoms with Crippen molar-refractivity contribution in [1.82, 2.24) is 9.61 Å². The van der Waals surface area contributed by atoms with Crippen molar-refractivity contribution in [3.8, 4) is 0 Å². The van der Waals surface area contributed by atoms with Crippen LogP contribution >= 0.6 is 0 Å². The van der Waals surface area contributed by atoms with Crippen molar-refractivity contribution in [1.29, 1.82) is 0 Å². The van der Waals surface area contributed by atoms with Gasteiger partial charge in [-0.25, -0.2) is 0 Å². The van der Waals surface area contributed by atoms with Crippen LogP contribution in [0, 0.1) is 6.92 Å². The minimum Gasteiger partial charge on any atom is -0.301 e. The Bertz CT molecular complexity index is 316. The van der Waals surface area contributed by atoms with Crippen molar-refractivity contribution in [2.75, 3.05) is 0 Å². The first-order valence-electron chi connectivity index (χ1n) is 2.84. The summed E-state index contributed by atoms with van der Waals surface area (Å²) in [6, 6.07) is 4.01. The van der Waals surface area contributed by atoms with E-state index in [1.807, 2.05) is 29.0 Å². The fraction of sp³-hybridized carbons (Fsp3) is 0. The Balaban J connectivity index is 2.99. The third-order valence-corrected chi connectivity index (χ3v) is 1.46. The maximum atomic E-state index is 3.83. The highest BCUT2D eigenvalue weighted by Crippen LogP contribution is 2.07. The zero-order valence-electron chi connectivity index (χ0n) is 4.96. The number of fused-ring (bicyclic) bond motifs is 1. The van der Waals surface area contributed by atoms with Crippen molar-refractivity contribution in [3.05, 3.63) is 37.0 Å². The van der Waals surface area contributed by atoms with Crippen molar-refractivity contribution in [2.45, 2.75) is 0 Å². The highest BCUT2D eigenvalue weighted by molar-refractivity contribution is 5.55. The number of nitrogens with zero attached hydrogens (tertiary/aromatic N) is 1. The summed E-state index contributed by atoms with van der Waals surface area (Å²) in [6.07, 6.45) is 3.85. The first-order valence-corrected chi connectivity index (χ1v) is 2.84. The van der Waals surface area contributed by atoms with Gasteiger partial charge in [-0.15, -0.1) is 0 Å². The van der Waals surface area contributed by atoms with Crippen LogP contribution in [0.15, 0.2) is 24.5 Å². The van der Waals surface area contributed by atoms with Gasteiger partial charge in [0.2, 0.25) is 0 Å². The van der Waals surface area contributed by atoms with Crippen LogP contribution in [0.1, 0.15) is 5.56 Å². The van der Waals surface area contributed by atoms with Gasteiger partial charge in [-0.1, -0.05) is 0 Å². The lowest BCUT2D eigenvalue weighted by molar-refractivity contribution is 0.976. The normalized spacial score (nSPS) is 10.8. The topological polar surface area (TPSA) is 20.2 Å². The maximum Gasteiger partial charge on any atom is 0.0670 e. The first kappa shape index (κ1) is 4.68. The molecule has 0 bridgehead atoms. The van der Waals surface area contributed by atoms with Crippen molar-refractivity contribution < 1.29 is 0 Å². The fourth-order valence-corrected chi connectivity index (χ4v) is 0.977. The molecule has 0 aliphatic rings. The molecule has 0 atom stereocenters. The molecule has 2 heteroatoms. The molecule has 1 radical (unpaired) electrons. The van der Waals surface area contributed by atoms with Gasteiger partial charge in [-0.3, -0.25) is 4.52 Å². The highest BCUT2D eigenvalue weighted by atomic mass is 15.2. The minimum absolute atomic E-state index is 1.04. The second-order valence-corrected chi connectivity index (χ2v) is 2.06. The van der Waals surface area contributed by atoms with Gasteiger partial charge in [0.15, 0.2) is 0 Å². The van der Waals surface area contributed by atoms with Crippen LogP contribution in [-0.2, 0) is 0 Å². The number of rotatable bonds is 0. The molecule has 0 aliphatic heterocycles. The number of aromatic amines is 1. The van der Waals surface area contributed by atoms with Gasteiger partial charge >= 0.3 is 0 Å². The van der Waals surface area contributed by atoms with Crippen LogP contribution in [0.5, 0.6) is 0 Å². The van der Waals surface area contributed by atoms with Crippen molar-refractivity contribution in [2.24, 2.45) is 0 Å². The molecule has 1 N–H and O–H groups in total. The number of hydrogen-bond donors (Lipinski definition) is 1. The standard InChI is InChI=1S/C7H7N2/c1-6-5-8-9-4-2-3-7(6)9/h2-5,8H,1H2. The van der Waals surface area contributed by atoms with Crippen LogP contribution in [0.4, 0.5) is 0 Å². The highest BCUT2D eigenvalue weighted by Gasteiger charge is 1.94. The zero-order valence-corrected chi connectivity index (χ0v) is 4.96. The van der Waals surface area contributed by atoms with Crippen molar-refractivity contribution >= 4 is 5.52 Å². The molecule has 0 spiro atoms. The average molecular weight is 119 g/mol. The maximum absolute atomic E-state index is 3.83. The fourth-order valence-electron chi connectivity index (χ4n) is 0.977. The van der Waals surface area contributed by atoms with Crippen molar-refractivity contribution in [3.63, 3.8) is 0 Å². The Morgan fingerprint density at radius 1 is 1.56 bits per heavy atom. The monoisotopic (exact) mass is 119 g/mol. The molecule has 2 rings (SSSR count). The van der Waals surface area contributed by atoms with Gasteiger partial charge < -0.3 is 5.10 Å². The predicted octanol–water partition coefficient (Wildman–Crippen LogP) is 1.45. The molecule has 45 valence electrons. The quantitative estimate of drug-likeness (QED) is 0.541. The molecule has 0 unspecified atom stereocenters. The Hall–Kier alpha value is -1.18. The average Bonchev–Trinajstić information content (AvgIpc) is 2.35. The summed E-state index contributed by atoms with van der Waals surface area (Å²) in [6.45, 7) is 3.83. The molecule has 2 heterocycles. The molecule has 2 nitrogen and oxygen atoms in total. The minimum atomic E-state index is 1.04. The van der Waals surface area contributed by atoms with E-state index in [-0.39, 0.29) is 0 Å². The van der Waals surface area contributed by atoms with E-state index >= 15 is 0 Å². The smallest absolute Gasteiger partial charge is 0.0670 e. The van der Waals surface area contributed by atoms with E-state index < -0.39 is 0 Å². The third-order valence-electron chi connectivity index (χ3n) is 1.46. The molecular formula is C7H7N2. The van der Waals surface area contributed by atoms with E-state index in [9.17, 15) is 0 Å². The molecule has 0 saturated heterocycles. The lowest BCUT2D eigenvalue weighted by Gasteiger charge is -1.79. The largest absolute Gasteiger partial charge is 0.301 e. The summed E-state index contributed by atoms with van der Waals surface area (Å²) >= 11 is 0. The summed E-state index contributed by atoms with van der Waals surface area (Å²) in [7, 11) is 0. The lowest BCUT2D eigenvalue weighted by atomic mass is 10.3. The molecule has 0 amide bonds. The first-order chi connectivity index (χ1) is 4.38. The molecule has 2 aromatic rings. The third kappa shape index (κ3) is 0.499. The zero-order chi connectivity index (χ0) is 6.27. The number of H-pyrrole nitrogens is 1. The Morgan fingerprint density at radius 2 is 2.44 bits per heavy atom. The van der Waals surface area contributed by atoms with Gasteiger partial charge in [-0.05, 0) is 24.6 Å². The van der Waals surface area contributed by atoms with E-state index in [1.165, 1.54) is 0 Å². The molecule has 0 aliphatic carbocycles. The van der Waals surface area contributed by atoms with Gasteiger partial charge in [0, 0.05) is 12.4 Å². The summed E-state index contributed by atoms with van der Waals surface area (Å²) in [5.74, 6) is 0. The predicted molar refractivity (Wildman–Crippen MR) is 36.2 cm³/mol. The molecule has 0 fully saturated rings. The molecular weight excluding hydrogens is 112 g/mol. The van der Waals surface area contributed by atoms with Gasteiger partial charge in [0.05, 0.1) is 5.52 Å². The second kappa shape index (κ2) is 1.41. The molecule has 0 saturated carbocycles. The van der Waals surface area contributed by atoms with Crippen LogP contribution in [0.2, 0.25) is 0 Å². The Morgan fingerprint density at radius 3 is 3.22 bits per heavy atom. The Labute approximate surface area is 53.1 Å². The van der Waals surface area contributed by atoms with Gasteiger partial charge in [-0.2, -0.15) is 0 Å². The van der Waals surface area contributed by atoms with Crippen LogP contribution in [0.3, 0.4) is 0 Å². The number of aromatic nitrogens is 2. The molecule has 2 aromatic heterocycles. The van der Waals surface area contributed by atoms with E-state index in [4.69, 9.17) is 0 Å². The van der Waals surface area contributed by atoms with Gasteiger partial charge in [0.1, 0.15) is 0 Å². The summed E-state index contributed by atoms with van der Waals surface area (Å²) in [5, 5.41) is 3.02. The summed E-state index contributed by atoms with van der Waals surface area (Å²) < 4.78 is 1.93. The van der Waals surface area contributed by atoms with Gasteiger partial charge in [0.25, 0.3) is 0 Å². The van der Waals surface area contributed by atoms with E-state index in [0.717, 1.165) is 11.1 Å². The Kier molecular flexibility index (Phi) is 0.730. The van der Waals surface area contributed by atoms with Crippen LogP contribution < -0.4 is 0 Å². The molecule has 9 heavy (non-hydrogen) atoms. The van der Waals surface area contributed by atoms with Crippen LogP contribution in [-0.4, -0.2) is 9.61 Å². The van der Waals surface area contributed by atoms with E-state index in [2.05, 4.69) is 12.0 Å². The number of nitrogens with one attached hydrogen (secondary N) is 1. The second-order valence-electron chi connectivity index (χ2n) is 2.06. The summed E-state index contributed by atoms with van der Waals surface area (Å²) in [4.78, 5) is 0. The van der Waals surface area contributed by atoms with E-state index in [0.29, 0.717) is 0 Å². The van der Waals surface area contributed by atoms with Crippen LogP contribution in [0.25, 0.3) is 5.52 Å². The number of hydrogen-bond acceptors (Lipinski definition) is 0.